The van der Waals surface area contributed by atoms with E-state index in [1.807, 2.05) is 68.1 Å². The largest absolute Gasteiger partial charge is 0.352 e. The number of carbonyl (C=O) groups excluding carboxylic acids is 2. The van der Waals surface area contributed by atoms with E-state index in [1.165, 1.54) is 9.58 Å². The number of carbonyl (C=O) groups is 2. The predicted molar refractivity (Wildman–Crippen MR) is 183 cm³/mol. The minimum atomic E-state index is -3.76. The van der Waals surface area contributed by atoms with Crippen molar-refractivity contribution >= 4 is 38.6 Å². The Morgan fingerprint density at radius 3 is 2.26 bits per heavy atom. The van der Waals surface area contributed by atoms with Crippen LogP contribution >= 0.6 is 0 Å². The smallest absolute Gasteiger partial charge is 0.249 e. The van der Waals surface area contributed by atoms with Crippen molar-refractivity contribution in [3.63, 3.8) is 0 Å². The van der Waals surface area contributed by atoms with Crippen LogP contribution in [-0.2, 0) is 33.2 Å². The predicted octanol–water partition coefficient (Wildman–Crippen LogP) is 5.58. The van der Waals surface area contributed by atoms with E-state index in [9.17, 15) is 18.0 Å². The number of para-hydroxylation sites is 1. The van der Waals surface area contributed by atoms with Gasteiger partial charge in [-0.25, -0.2) is 13.1 Å². The summed E-state index contributed by atoms with van der Waals surface area (Å²) in [5.41, 5.74) is 2.41. The lowest BCUT2D eigenvalue weighted by molar-refractivity contribution is -0.127. The molecule has 1 saturated carbocycles. The fourth-order valence-electron chi connectivity index (χ4n) is 6.29. The summed E-state index contributed by atoms with van der Waals surface area (Å²) in [5.74, 6) is -0.661. The zero-order chi connectivity index (χ0) is 33.4. The summed E-state index contributed by atoms with van der Waals surface area (Å²) in [6, 6.07) is 16.5. The van der Waals surface area contributed by atoms with Crippen molar-refractivity contribution in [1.29, 1.82) is 0 Å². The summed E-state index contributed by atoms with van der Waals surface area (Å²) in [7, 11) is -1.91. The molecule has 47 heavy (non-hydrogen) atoms. The molecule has 1 unspecified atom stereocenters. The highest BCUT2D eigenvalue weighted by atomic mass is 32.2. The highest BCUT2D eigenvalue weighted by Gasteiger charge is 2.36. The molecule has 2 amide bonds. The lowest BCUT2D eigenvalue weighted by Crippen LogP contribution is -2.48. The maximum atomic E-state index is 14.4. The first-order valence-corrected chi connectivity index (χ1v) is 18.3. The molecular weight excluding hydrogens is 614 g/mol. The molecule has 1 fully saturated rings. The number of rotatable bonds is 15. The van der Waals surface area contributed by atoms with Crippen molar-refractivity contribution in [3.05, 3.63) is 72.6 Å². The third-order valence-electron chi connectivity index (χ3n) is 8.97. The van der Waals surface area contributed by atoms with E-state index < -0.39 is 16.1 Å². The molecule has 0 saturated heterocycles. The van der Waals surface area contributed by atoms with Gasteiger partial charge >= 0.3 is 0 Å². The number of anilines is 1. The van der Waals surface area contributed by atoms with Crippen LogP contribution in [0.15, 0.2) is 71.8 Å². The molecule has 1 N–H and O–H groups in total. The molecule has 4 aromatic rings. The first-order valence-electron chi connectivity index (χ1n) is 16.9. The van der Waals surface area contributed by atoms with Gasteiger partial charge in [0.2, 0.25) is 21.8 Å². The van der Waals surface area contributed by atoms with Gasteiger partial charge in [0.05, 0.1) is 16.1 Å². The number of hydrogen-bond donors (Lipinski definition) is 1. The number of benzene rings is 2. The van der Waals surface area contributed by atoms with Crippen LogP contribution in [0, 0.1) is 0 Å². The molecule has 0 spiro atoms. The van der Waals surface area contributed by atoms with Crippen LogP contribution in [0.25, 0.3) is 11.0 Å². The normalized spacial score (nSPS) is 14.8. The lowest BCUT2D eigenvalue weighted by atomic mass is 9.95. The van der Waals surface area contributed by atoms with E-state index in [0.717, 1.165) is 57.8 Å². The van der Waals surface area contributed by atoms with Crippen LogP contribution in [0.3, 0.4) is 0 Å². The van der Waals surface area contributed by atoms with Crippen LogP contribution in [0.2, 0.25) is 0 Å². The van der Waals surface area contributed by atoms with Crippen LogP contribution in [0.4, 0.5) is 5.69 Å². The van der Waals surface area contributed by atoms with Crippen LogP contribution in [-0.4, -0.2) is 63.2 Å². The van der Waals surface area contributed by atoms with Gasteiger partial charge in [0.15, 0.2) is 6.04 Å². The first kappa shape index (κ1) is 34.3. The average molecular weight is 662 g/mol. The molecule has 0 radical (unpaired) electrons. The maximum Gasteiger partial charge on any atom is 0.249 e. The van der Waals surface area contributed by atoms with Crippen molar-refractivity contribution in [2.75, 3.05) is 18.0 Å². The Balaban J connectivity index is 1.55. The molecule has 1 aliphatic carbocycles. The summed E-state index contributed by atoms with van der Waals surface area (Å²) in [4.78, 5) is 30.3. The van der Waals surface area contributed by atoms with E-state index in [1.54, 1.807) is 28.6 Å². The van der Waals surface area contributed by atoms with Crippen molar-refractivity contribution in [1.82, 2.24) is 29.2 Å². The quantitative estimate of drug-likeness (QED) is 0.177. The molecule has 11 nitrogen and oxygen atoms in total. The Kier molecular flexibility index (Phi) is 11.5. The summed E-state index contributed by atoms with van der Waals surface area (Å²) in [5, 5.41) is 11.7. The Morgan fingerprint density at radius 2 is 1.62 bits per heavy atom. The molecule has 1 aliphatic rings. The van der Waals surface area contributed by atoms with Crippen molar-refractivity contribution in [2.24, 2.45) is 7.05 Å². The van der Waals surface area contributed by atoms with Gasteiger partial charge in [-0.3, -0.25) is 14.5 Å². The molecule has 1 atom stereocenters. The van der Waals surface area contributed by atoms with E-state index in [-0.39, 0.29) is 29.3 Å². The zero-order valence-corrected chi connectivity index (χ0v) is 28.5. The molecule has 0 aliphatic heterocycles. The minimum Gasteiger partial charge on any atom is -0.352 e. The molecule has 5 rings (SSSR count). The SMILES string of the molecule is CCCCN(CCCC)S(=O)(=O)c1ccc(N(C(=O)Cn2nnc3ccccc32)C(C(=O)NC2CCCCC2)c2cccn2C)cc1. The fourth-order valence-corrected chi connectivity index (χ4v) is 7.81. The van der Waals surface area contributed by atoms with Crippen molar-refractivity contribution in [2.45, 2.75) is 95.2 Å². The summed E-state index contributed by atoms with van der Waals surface area (Å²) in [6.45, 7) is 4.82. The second-order valence-corrected chi connectivity index (χ2v) is 14.3. The second-order valence-electron chi connectivity index (χ2n) is 12.4. The fraction of sp³-hybridized carbons (Fsp3) is 0.486. The van der Waals surface area contributed by atoms with Gasteiger partial charge in [-0.1, -0.05) is 63.3 Å². The summed E-state index contributed by atoms with van der Waals surface area (Å²) >= 11 is 0. The van der Waals surface area contributed by atoms with Gasteiger partial charge in [-0.15, -0.1) is 5.10 Å². The third kappa shape index (κ3) is 7.93. The lowest BCUT2D eigenvalue weighted by Gasteiger charge is -2.33. The maximum absolute atomic E-state index is 14.4. The highest BCUT2D eigenvalue weighted by molar-refractivity contribution is 7.89. The molecule has 2 aromatic heterocycles. The molecule has 0 bridgehead atoms. The molecule has 252 valence electrons. The van der Waals surface area contributed by atoms with Crippen molar-refractivity contribution < 1.29 is 18.0 Å². The van der Waals surface area contributed by atoms with Gasteiger partial charge in [0, 0.05) is 38.1 Å². The van der Waals surface area contributed by atoms with Crippen LogP contribution < -0.4 is 10.2 Å². The number of amides is 2. The number of aryl methyl sites for hydroxylation is 1. The van der Waals surface area contributed by atoms with Crippen molar-refractivity contribution in [3.8, 4) is 0 Å². The molecule has 2 aromatic carbocycles. The summed E-state index contributed by atoms with van der Waals surface area (Å²) < 4.78 is 32.4. The van der Waals surface area contributed by atoms with Gasteiger partial charge in [0.25, 0.3) is 0 Å². The Bertz CT molecular complexity index is 1730. The van der Waals surface area contributed by atoms with Gasteiger partial charge in [0.1, 0.15) is 12.1 Å². The number of nitrogens with zero attached hydrogens (tertiary/aromatic N) is 6. The van der Waals surface area contributed by atoms with Gasteiger partial charge in [-0.05, 0) is 74.2 Å². The number of nitrogens with one attached hydrogen (secondary N) is 1. The highest BCUT2D eigenvalue weighted by Crippen LogP contribution is 2.31. The number of unbranched alkanes of at least 4 members (excludes halogenated alkanes) is 2. The molecular formula is C35H47N7O4S. The van der Waals surface area contributed by atoms with Crippen LogP contribution in [0.1, 0.15) is 83.4 Å². The third-order valence-corrected chi connectivity index (χ3v) is 10.9. The van der Waals surface area contributed by atoms with Crippen LogP contribution in [0.5, 0.6) is 0 Å². The topological polar surface area (TPSA) is 122 Å². The standard InChI is InChI=1S/C35H47N7O4S/c1-4-6-24-40(25-7-5-2)47(45,46)29-21-19-28(20-22-29)42(33(43)26-41-31-17-12-11-16-30(31)37-38-41)34(32-18-13-23-39(32)3)35(44)36-27-14-9-8-10-15-27/h11-13,16-23,27,34H,4-10,14-15,24-26H2,1-3H3,(H,36,44). The van der Waals surface area contributed by atoms with E-state index in [2.05, 4.69) is 15.6 Å². The monoisotopic (exact) mass is 661 g/mol. The van der Waals surface area contributed by atoms with E-state index in [0.29, 0.717) is 35.5 Å². The number of aromatic nitrogens is 4. The minimum absolute atomic E-state index is 0.0278. The summed E-state index contributed by atoms with van der Waals surface area (Å²) in [6.07, 6.45) is 10.2. The average Bonchev–Trinajstić information content (AvgIpc) is 3.69. The molecule has 12 heteroatoms. The number of fused-ring (bicyclic) bond motifs is 1. The van der Waals surface area contributed by atoms with E-state index >= 15 is 0 Å². The van der Waals surface area contributed by atoms with E-state index in [4.69, 9.17) is 0 Å². The van der Waals surface area contributed by atoms with Gasteiger partial charge in [-0.2, -0.15) is 4.31 Å². The Hall–Kier alpha value is -4.03. The number of hydrogen-bond acceptors (Lipinski definition) is 6. The Morgan fingerprint density at radius 1 is 0.936 bits per heavy atom. The number of sulfonamides is 1. The molecule has 2 heterocycles. The second kappa shape index (κ2) is 15.7. The zero-order valence-electron chi connectivity index (χ0n) is 27.7. The Labute approximate surface area is 278 Å². The first-order chi connectivity index (χ1) is 22.7. The van der Waals surface area contributed by atoms with Gasteiger partial charge < -0.3 is 9.88 Å².